The van der Waals surface area contributed by atoms with E-state index in [0.29, 0.717) is 11.4 Å². The second-order valence-electron chi connectivity index (χ2n) is 12.4. The van der Waals surface area contributed by atoms with E-state index in [9.17, 15) is 14.4 Å². The standard InChI is InChI=1S/C34H38Cl3N5O4.ClH.Sn/c1-7-33(3,4)20-12-13-26(23(15-20)34(5,6)8-2)46-18-27(43)39-22-11-9-10-19(14-22)31(44)40-30-28(38)32(45)42(41-30)29-24(36)16-21(35)17-25(29)37;;/h9-17,28H,7-8,18,38H2,1-6H3,(H,39,43)(H,40,41,44);1H;/q;;+4/p-1. The zero-order valence-corrected chi connectivity index (χ0v) is 33.4. The summed E-state index contributed by atoms with van der Waals surface area (Å²) in [7, 11) is 0. The number of amidine groups is 1. The summed E-state index contributed by atoms with van der Waals surface area (Å²) in [5.74, 6) is -1.07. The molecule has 3 amide bonds. The first-order valence-corrected chi connectivity index (χ1v) is 16.0. The molecule has 1 unspecified atom stereocenters. The maximum Gasteiger partial charge on any atom is 4.00 e. The summed E-state index contributed by atoms with van der Waals surface area (Å²) in [6, 6.07) is 14.0. The smallest absolute Gasteiger partial charge is 1.00 e. The Morgan fingerprint density at radius 3 is 2.17 bits per heavy atom. The monoisotopic (exact) mass is 840 g/mol. The van der Waals surface area contributed by atoms with E-state index in [1.54, 1.807) is 18.2 Å². The van der Waals surface area contributed by atoms with Crippen molar-refractivity contribution >= 4 is 93.6 Å². The minimum absolute atomic E-state index is 0. The Hall–Kier alpha value is -2.54. The Balaban J connectivity index is 0.00000400. The molecule has 14 heteroatoms. The number of amides is 3. The molecule has 3 aromatic rings. The van der Waals surface area contributed by atoms with Crippen LogP contribution < -0.4 is 38.5 Å². The van der Waals surface area contributed by atoms with Crippen molar-refractivity contribution in [2.45, 2.75) is 71.3 Å². The Kier molecular flexibility index (Phi) is 14.7. The maximum atomic E-state index is 13.1. The molecule has 1 aliphatic rings. The molecule has 0 saturated heterocycles. The van der Waals surface area contributed by atoms with Crippen LogP contribution in [-0.2, 0) is 20.4 Å². The molecule has 0 aromatic heterocycles. The molecule has 0 saturated carbocycles. The first kappa shape index (κ1) is 41.6. The van der Waals surface area contributed by atoms with Crippen molar-refractivity contribution in [2.24, 2.45) is 10.8 Å². The fourth-order valence-corrected chi connectivity index (χ4v) is 5.71. The molecule has 0 radical (unpaired) electrons. The van der Waals surface area contributed by atoms with Gasteiger partial charge in [-0.05, 0) is 65.6 Å². The van der Waals surface area contributed by atoms with E-state index in [4.69, 9.17) is 45.3 Å². The van der Waals surface area contributed by atoms with Crippen LogP contribution in [0.25, 0.3) is 0 Å². The van der Waals surface area contributed by atoms with Crippen LogP contribution in [0.3, 0.4) is 0 Å². The number of benzene rings is 3. The number of hydrogen-bond donors (Lipinski definition) is 3. The number of anilines is 2. The van der Waals surface area contributed by atoms with Gasteiger partial charge in [-0.1, -0.05) is 94.5 Å². The second-order valence-corrected chi connectivity index (χ2v) is 13.6. The molecule has 1 heterocycles. The average molecular weight is 841 g/mol. The van der Waals surface area contributed by atoms with Gasteiger partial charge in [-0.15, -0.1) is 5.10 Å². The number of carbonyl (C=O) groups is 3. The molecule has 4 rings (SSSR count). The molecule has 0 aliphatic carbocycles. The molecule has 252 valence electrons. The van der Waals surface area contributed by atoms with E-state index in [2.05, 4.69) is 69.4 Å². The second kappa shape index (κ2) is 16.9. The number of nitrogens with two attached hydrogens (primary N) is 1. The summed E-state index contributed by atoms with van der Waals surface area (Å²) in [5, 5.41) is 10.9. The molecule has 0 spiro atoms. The Morgan fingerprint density at radius 2 is 1.56 bits per heavy atom. The van der Waals surface area contributed by atoms with E-state index < -0.39 is 23.8 Å². The normalized spacial score (nSPS) is 14.5. The molecular formula is C34H38Cl4N5O4Sn+3. The fraction of sp³-hybridized carbons (Fsp3) is 0.353. The van der Waals surface area contributed by atoms with Crippen LogP contribution in [0.5, 0.6) is 5.75 Å². The van der Waals surface area contributed by atoms with Crippen LogP contribution >= 0.6 is 34.8 Å². The summed E-state index contributed by atoms with van der Waals surface area (Å²) in [4.78, 5) is 38.9. The van der Waals surface area contributed by atoms with Gasteiger partial charge in [0.25, 0.3) is 17.7 Å². The largest absolute Gasteiger partial charge is 4.00 e. The maximum absolute atomic E-state index is 13.1. The minimum Gasteiger partial charge on any atom is -1.00 e. The molecule has 9 nitrogen and oxygen atoms in total. The number of ether oxygens (including phenoxy) is 1. The van der Waals surface area contributed by atoms with E-state index in [1.165, 1.54) is 23.8 Å². The van der Waals surface area contributed by atoms with Gasteiger partial charge in [0.15, 0.2) is 12.4 Å². The van der Waals surface area contributed by atoms with Crippen molar-refractivity contribution in [3.63, 3.8) is 0 Å². The number of hydrogen-bond acceptors (Lipinski definition) is 6. The molecule has 0 bridgehead atoms. The van der Waals surface area contributed by atoms with Gasteiger partial charge in [0.1, 0.15) is 17.5 Å². The summed E-state index contributed by atoms with van der Waals surface area (Å²) in [6.45, 7) is 12.8. The van der Waals surface area contributed by atoms with Crippen molar-refractivity contribution in [1.29, 1.82) is 0 Å². The summed E-state index contributed by atoms with van der Waals surface area (Å²) >= 11 is 18.5. The van der Waals surface area contributed by atoms with Crippen LogP contribution in [-0.4, -0.2) is 60.1 Å². The zero-order valence-electron chi connectivity index (χ0n) is 27.5. The molecule has 3 aromatic carbocycles. The zero-order chi connectivity index (χ0) is 34.0. The third kappa shape index (κ3) is 9.37. The average Bonchev–Trinajstić information content (AvgIpc) is 3.27. The first-order chi connectivity index (χ1) is 21.6. The van der Waals surface area contributed by atoms with Crippen LogP contribution in [0.4, 0.5) is 11.4 Å². The van der Waals surface area contributed by atoms with Gasteiger partial charge in [0, 0.05) is 21.8 Å². The topological polar surface area (TPSA) is 126 Å². The van der Waals surface area contributed by atoms with Crippen LogP contribution in [0, 0.1) is 0 Å². The van der Waals surface area contributed by atoms with Crippen molar-refractivity contribution in [2.75, 3.05) is 16.9 Å². The van der Waals surface area contributed by atoms with Crippen LogP contribution in [0.15, 0.2) is 59.7 Å². The molecular weight excluding hydrogens is 803 g/mol. The molecule has 1 aliphatic heterocycles. The van der Waals surface area contributed by atoms with Gasteiger partial charge in [-0.25, -0.2) is 0 Å². The van der Waals surface area contributed by atoms with E-state index >= 15 is 0 Å². The number of nitrogens with zero attached hydrogens (tertiary/aromatic N) is 2. The summed E-state index contributed by atoms with van der Waals surface area (Å²) in [5.41, 5.74) is 8.83. The van der Waals surface area contributed by atoms with E-state index in [1.807, 2.05) is 6.07 Å². The van der Waals surface area contributed by atoms with Crippen molar-refractivity contribution in [1.82, 2.24) is 5.32 Å². The Morgan fingerprint density at radius 1 is 0.938 bits per heavy atom. The van der Waals surface area contributed by atoms with Gasteiger partial charge in [0.2, 0.25) is 0 Å². The Bertz CT molecular complexity index is 1690. The van der Waals surface area contributed by atoms with E-state index in [0.717, 1.165) is 23.4 Å². The minimum atomic E-state index is -1.27. The van der Waals surface area contributed by atoms with E-state index in [-0.39, 0.29) is 85.9 Å². The quantitative estimate of drug-likeness (QED) is 0.266. The molecule has 1 atom stereocenters. The van der Waals surface area contributed by atoms with Crippen LogP contribution in [0.2, 0.25) is 15.1 Å². The van der Waals surface area contributed by atoms with Crippen molar-refractivity contribution in [3.8, 4) is 5.75 Å². The van der Waals surface area contributed by atoms with Crippen LogP contribution in [0.1, 0.15) is 75.9 Å². The predicted molar refractivity (Wildman–Crippen MR) is 191 cm³/mol. The SMILES string of the molecule is CCC(C)(C)c1ccc(OCC(=O)Nc2cccc(C(=O)NC3=NN(c4c(Cl)cc(Cl)cc4Cl)C(=O)C3N)c2)c(C(C)(C)CC)c1.[Cl-].[Sn+4]. The first-order valence-electron chi connectivity index (χ1n) is 14.9. The number of carbonyl (C=O) groups excluding carboxylic acids is 3. The number of rotatable bonds is 10. The summed E-state index contributed by atoms with van der Waals surface area (Å²) in [6.07, 6.45) is 1.88. The van der Waals surface area contributed by atoms with Gasteiger partial charge in [0.05, 0.1) is 10.0 Å². The van der Waals surface area contributed by atoms with Gasteiger partial charge >= 0.3 is 23.9 Å². The third-order valence-electron chi connectivity index (χ3n) is 8.44. The number of halogens is 4. The summed E-state index contributed by atoms with van der Waals surface area (Å²) < 4.78 is 6.04. The van der Waals surface area contributed by atoms with Gasteiger partial charge in [-0.2, -0.15) is 5.01 Å². The van der Waals surface area contributed by atoms with Crippen molar-refractivity contribution < 1.29 is 31.5 Å². The Labute approximate surface area is 319 Å². The predicted octanol–water partition coefficient (Wildman–Crippen LogP) is 4.08. The van der Waals surface area contributed by atoms with Gasteiger partial charge < -0.3 is 33.5 Å². The molecule has 0 fully saturated rings. The fourth-order valence-electron chi connectivity index (χ4n) is 4.74. The molecule has 48 heavy (non-hydrogen) atoms. The number of nitrogens with one attached hydrogen (secondary N) is 2. The third-order valence-corrected chi connectivity index (χ3v) is 9.23. The van der Waals surface area contributed by atoms with Gasteiger partial charge in [-0.3, -0.25) is 14.4 Å². The number of hydrazone groups is 1. The van der Waals surface area contributed by atoms with Crippen molar-refractivity contribution in [3.05, 3.63) is 86.4 Å². The molecule has 4 N–H and O–H groups in total.